The molecule has 1 unspecified atom stereocenters. The highest BCUT2D eigenvalue weighted by Gasteiger charge is 2.12. The molecule has 2 aromatic heterocycles. The number of nitrogens with zero attached hydrogens (tertiary/aromatic N) is 4. The van der Waals surface area contributed by atoms with E-state index in [2.05, 4.69) is 38.5 Å². The van der Waals surface area contributed by atoms with Crippen LogP contribution in [0.2, 0.25) is 0 Å². The fraction of sp³-hybridized carbons (Fsp3) is 0.455. The molecule has 1 N–H and O–H groups in total. The summed E-state index contributed by atoms with van der Waals surface area (Å²) in [6, 6.07) is 1.84. The summed E-state index contributed by atoms with van der Waals surface area (Å²) in [6.45, 7) is 6.16. The molecule has 0 aliphatic carbocycles. The van der Waals surface area contributed by atoms with Gasteiger partial charge in [-0.1, -0.05) is 13.8 Å². The Balaban J connectivity index is 2.05. The van der Waals surface area contributed by atoms with Crippen LogP contribution in [0.5, 0.6) is 0 Å². The van der Waals surface area contributed by atoms with Crippen LogP contribution in [0.15, 0.2) is 18.5 Å². The molecule has 0 saturated heterocycles. The van der Waals surface area contributed by atoms with Crippen LogP contribution >= 0.6 is 11.5 Å². The van der Waals surface area contributed by atoms with Gasteiger partial charge in [-0.2, -0.15) is 4.37 Å². The smallest absolute Gasteiger partial charge is 0.203 e. The third-order valence-electron chi connectivity index (χ3n) is 2.27. The van der Waals surface area contributed by atoms with Crippen LogP contribution < -0.4 is 5.32 Å². The van der Waals surface area contributed by atoms with Crippen molar-refractivity contribution < 1.29 is 0 Å². The SMILES string of the molecule is CC(C)c1nsc(NC(C)c2ncccn2)n1. The molecule has 2 aromatic rings. The van der Waals surface area contributed by atoms with Crippen LogP contribution in [0.4, 0.5) is 5.13 Å². The van der Waals surface area contributed by atoms with Crippen LogP contribution in [0.3, 0.4) is 0 Å². The molecule has 1 atom stereocenters. The lowest BCUT2D eigenvalue weighted by molar-refractivity contribution is 0.774. The first-order chi connectivity index (χ1) is 8.16. The number of hydrogen-bond acceptors (Lipinski definition) is 6. The van der Waals surface area contributed by atoms with Crippen molar-refractivity contribution in [2.45, 2.75) is 32.7 Å². The lowest BCUT2D eigenvalue weighted by atomic mass is 10.2. The van der Waals surface area contributed by atoms with Crippen molar-refractivity contribution in [3.63, 3.8) is 0 Å². The molecule has 0 spiro atoms. The summed E-state index contributed by atoms with van der Waals surface area (Å²) in [5, 5.41) is 4.07. The van der Waals surface area contributed by atoms with E-state index in [0.29, 0.717) is 5.92 Å². The van der Waals surface area contributed by atoms with Crippen LogP contribution in [-0.4, -0.2) is 19.3 Å². The number of rotatable bonds is 4. The van der Waals surface area contributed by atoms with Gasteiger partial charge in [-0.15, -0.1) is 0 Å². The first kappa shape index (κ1) is 11.9. The normalized spacial score (nSPS) is 12.7. The maximum absolute atomic E-state index is 4.42. The van der Waals surface area contributed by atoms with Gasteiger partial charge >= 0.3 is 0 Å². The minimum atomic E-state index is 0.0316. The maximum Gasteiger partial charge on any atom is 0.203 e. The molecule has 0 saturated carbocycles. The Morgan fingerprint density at radius 2 is 1.82 bits per heavy atom. The zero-order chi connectivity index (χ0) is 12.3. The molecule has 90 valence electrons. The van der Waals surface area contributed by atoms with Gasteiger partial charge in [0, 0.05) is 29.8 Å². The van der Waals surface area contributed by atoms with E-state index in [1.54, 1.807) is 18.5 Å². The standard InChI is InChI=1S/C11H15N5S/c1-7(2)9-15-11(17-16-9)14-8(3)10-12-5-4-6-13-10/h4-8H,1-3H3,(H,14,15,16). The van der Waals surface area contributed by atoms with Crippen molar-refractivity contribution in [2.24, 2.45) is 0 Å². The van der Waals surface area contributed by atoms with Gasteiger partial charge in [-0.05, 0) is 13.0 Å². The molecular weight excluding hydrogens is 234 g/mol. The molecule has 0 fully saturated rings. The maximum atomic E-state index is 4.42. The molecule has 5 nitrogen and oxygen atoms in total. The molecule has 0 aromatic carbocycles. The van der Waals surface area contributed by atoms with E-state index < -0.39 is 0 Å². The first-order valence-corrected chi connectivity index (χ1v) is 6.31. The van der Waals surface area contributed by atoms with E-state index in [1.165, 1.54) is 11.5 Å². The monoisotopic (exact) mass is 249 g/mol. The summed E-state index contributed by atoms with van der Waals surface area (Å²) in [5.74, 6) is 1.98. The zero-order valence-electron chi connectivity index (χ0n) is 10.1. The van der Waals surface area contributed by atoms with Gasteiger partial charge in [-0.25, -0.2) is 15.0 Å². The molecule has 0 aliphatic heterocycles. The molecule has 0 bridgehead atoms. The number of nitrogens with one attached hydrogen (secondary N) is 1. The fourth-order valence-corrected chi connectivity index (χ4v) is 2.11. The Labute approximate surface area is 105 Å². The van der Waals surface area contributed by atoms with Gasteiger partial charge in [0.05, 0.1) is 6.04 Å². The first-order valence-electron chi connectivity index (χ1n) is 5.54. The van der Waals surface area contributed by atoms with E-state index in [4.69, 9.17) is 0 Å². The number of hydrogen-bond donors (Lipinski definition) is 1. The molecule has 0 amide bonds. The molecule has 0 aliphatic rings. The Kier molecular flexibility index (Phi) is 3.63. The summed E-state index contributed by atoms with van der Waals surface area (Å²) in [7, 11) is 0. The second kappa shape index (κ2) is 5.18. The second-order valence-electron chi connectivity index (χ2n) is 4.09. The largest absolute Gasteiger partial charge is 0.351 e. The summed E-state index contributed by atoms with van der Waals surface area (Å²) in [6.07, 6.45) is 3.47. The summed E-state index contributed by atoms with van der Waals surface area (Å²) < 4.78 is 4.29. The minimum Gasteiger partial charge on any atom is -0.351 e. The van der Waals surface area contributed by atoms with Crippen LogP contribution in [0, 0.1) is 0 Å². The van der Waals surface area contributed by atoms with Gasteiger partial charge in [0.1, 0.15) is 11.6 Å². The minimum absolute atomic E-state index is 0.0316. The lowest BCUT2D eigenvalue weighted by Gasteiger charge is -2.09. The predicted molar refractivity (Wildman–Crippen MR) is 68.1 cm³/mol. The average Bonchev–Trinajstić information content (AvgIpc) is 2.79. The van der Waals surface area contributed by atoms with Crippen molar-refractivity contribution in [1.82, 2.24) is 19.3 Å². The molecule has 6 heteroatoms. The highest BCUT2D eigenvalue weighted by Crippen LogP contribution is 2.21. The Morgan fingerprint density at radius 1 is 1.12 bits per heavy atom. The average molecular weight is 249 g/mol. The Morgan fingerprint density at radius 3 is 2.41 bits per heavy atom. The predicted octanol–water partition coefficient (Wildman–Crippen LogP) is 2.62. The summed E-state index contributed by atoms with van der Waals surface area (Å²) in [4.78, 5) is 12.8. The molecule has 2 rings (SSSR count). The van der Waals surface area contributed by atoms with Crippen LogP contribution in [0.1, 0.15) is 44.4 Å². The fourth-order valence-electron chi connectivity index (χ4n) is 1.31. The van der Waals surface area contributed by atoms with E-state index in [0.717, 1.165) is 16.8 Å². The molecule has 0 radical (unpaired) electrons. The topological polar surface area (TPSA) is 63.6 Å². The van der Waals surface area contributed by atoms with Crippen LogP contribution in [0.25, 0.3) is 0 Å². The third kappa shape index (κ3) is 2.97. The van der Waals surface area contributed by atoms with Crippen LogP contribution in [-0.2, 0) is 0 Å². The third-order valence-corrected chi connectivity index (χ3v) is 2.93. The number of aromatic nitrogens is 4. The van der Waals surface area contributed by atoms with Crippen molar-refractivity contribution >= 4 is 16.7 Å². The van der Waals surface area contributed by atoms with E-state index >= 15 is 0 Å². The zero-order valence-corrected chi connectivity index (χ0v) is 10.9. The van der Waals surface area contributed by atoms with Gasteiger partial charge in [0.25, 0.3) is 0 Å². The Bertz CT molecular complexity index is 468. The van der Waals surface area contributed by atoms with E-state index in [9.17, 15) is 0 Å². The molecular formula is C11H15N5S. The van der Waals surface area contributed by atoms with Crippen molar-refractivity contribution in [3.8, 4) is 0 Å². The quantitative estimate of drug-likeness (QED) is 0.902. The second-order valence-corrected chi connectivity index (χ2v) is 4.84. The highest BCUT2D eigenvalue weighted by atomic mass is 32.1. The Hall–Kier alpha value is -1.56. The van der Waals surface area contributed by atoms with Gasteiger partial charge in [-0.3, -0.25) is 0 Å². The molecule has 2 heterocycles. The van der Waals surface area contributed by atoms with Gasteiger partial charge < -0.3 is 5.32 Å². The number of anilines is 1. The van der Waals surface area contributed by atoms with Gasteiger partial charge in [0.2, 0.25) is 5.13 Å². The lowest BCUT2D eigenvalue weighted by Crippen LogP contribution is -2.10. The van der Waals surface area contributed by atoms with E-state index in [1.807, 2.05) is 6.92 Å². The summed E-state index contributed by atoms with van der Waals surface area (Å²) >= 11 is 1.37. The van der Waals surface area contributed by atoms with E-state index in [-0.39, 0.29) is 6.04 Å². The summed E-state index contributed by atoms with van der Waals surface area (Å²) in [5.41, 5.74) is 0. The van der Waals surface area contributed by atoms with Crippen molar-refractivity contribution in [2.75, 3.05) is 5.32 Å². The van der Waals surface area contributed by atoms with Crippen molar-refractivity contribution in [3.05, 3.63) is 30.1 Å². The van der Waals surface area contributed by atoms with Gasteiger partial charge in [0.15, 0.2) is 0 Å². The molecule has 17 heavy (non-hydrogen) atoms. The van der Waals surface area contributed by atoms with Crippen molar-refractivity contribution in [1.29, 1.82) is 0 Å². The highest BCUT2D eigenvalue weighted by molar-refractivity contribution is 7.09.